The Morgan fingerprint density at radius 2 is 2.62 bits per heavy atom. The van der Waals surface area contributed by atoms with Crippen molar-refractivity contribution in [3.8, 4) is 0 Å². The van der Waals surface area contributed by atoms with Crippen molar-refractivity contribution >= 4 is 0 Å². The molecule has 2 fully saturated rings. The van der Waals surface area contributed by atoms with E-state index in [-0.39, 0.29) is 0 Å². The van der Waals surface area contributed by atoms with Crippen molar-refractivity contribution in [1.82, 2.24) is 0 Å². The maximum atomic E-state index is 3.75. The van der Waals surface area contributed by atoms with Gasteiger partial charge in [0.25, 0.3) is 0 Å². The molecule has 0 nitrogen and oxygen atoms in total. The maximum absolute atomic E-state index is 3.75. The molecule has 2 atom stereocenters. The van der Waals surface area contributed by atoms with Crippen molar-refractivity contribution in [3.63, 3.8) is 0 Å². The van der Waals surface area contributed by atoms with Crippen LogP contribution in [-0.2, 0) is 0 Å². The smallest absolute Gasteiger partial charge is 0.0232 e. The van der Waals surface area contributed by atoms with Crippen LogP contribution in [0.25, 0.3) is 0 Å². The third-order valence-corrected chi connectivity index (χ3v) is 2.90. The Bertz CT molecular complexity index is 122. The van der Waals surface area contributed by atoms with E-state index in [2.05, 4.69) is 12.7 Å². The average molecular weight is 108 g/mol. The molecule has 0 amide bonds. The number of rotatable bonds is 2. The highest BCUT2D eigenvalue weighted by atomic mass is 14.6. The van der Waals surface area contributed by atoms with Crippen LogP contribution in [0.4, 0.5) is 0 Å². The zero-order chi connectivity index (χ0) is 5.61. The van der Waals surface area contributed by atoms with Gasteiger partial charge in [-0.2, -0.15) is 0 Å². The Morgan fingerprint density at radius 1 is 1.75 bits per heavy atom. The van der Waals surface area contributed by atoms with Crippen LogP contribution in [0.2, 0.25) is 0 Å². The second-order valence-corrected chi connectivity index (χ2v) is 3.29. The van der Waals surface area contributed by atoms with E-state index in [0.717, 1.165) is 11.3 Å². The Hall–Kier alpha value is -0.260. The lowest BCUT2D eigenvalue weighted by Crippen LogP contribution is -2.12. The van der Waals surface area contributed by atoms with Gasteiger partial charge in [0.1, 0.15) is 0 Å². The molecular formula is C8H12. The quantitative estimate of drug-likeness (QED) is 0.476. The largest absolute Gasteiger partial charge is 0.103 e. The maximum Gasteiger partial charge on any atom is -0.0232 e. The molecule has 0 aromatic rings. The molecule has 0 aliphatic heterocycles. The molecule has 0 heteroatoms. The zero-order valence-corrected chi connectivity index (χ0v) is 5.19. The molecule has 0 radical (unpaired) electrons. The van der Waals surface area contributed by atoms with E-state index in [1.54, 1.807) is 0 Å². The fourth-order valence-electron chi connectivity index (χ4n) is 2.03. The van der Waals surface area contributed by atoms with Gasteiger partial charge in [0.2, 0.25) is 0 Å². The third kappa shape index (κ3) is 0.367. The van der Waals surface area contributed by atoms with Crippen LogP contribution in [0.15, 0.2) is 12.7 Å². The summed E-state index contributed by atoms with van der Waals surface area (Å²) in [6, 6.07) is 0. The lowest BCUT2D eigenvalue weighted by molar-refractivity contribution is 0.297. The molecule has 44 valence electrons. The lowest BCUT2D eigenvalue weighted by Gasteiger charge is -2.23. The van der Waals surface area contributed by atoms with Crippen LogP contribution in [0.5, 0.6) is 0 Å². The van der Waals surface area contributed by atoms with Crippen molar-refractivity contribution < 1.29 is 0 Å². The molecule has 2 saturated carbocycles. The van der Waals surface area contributed by atoms with E-state index in [1.165, 1.54) is 25.7 Å². The highest BCUT2D eigenvalue weighted by molar-refractivity contribution is 5.12. The molecule has 8 heavy (non-hydrogen) atoms. The molecule has 0 saturated heterocycles. The van der Waals surface area contributed by atoms with Gasteiger partial charge in [0.15, 0.2) is 0 Å². The molecular weight excluding hydrogens is 96.1 g/mol. The first-order valence-corrected chi connectivity index (χ1v) is 3.48. The molecule has 0 bridgehead atoms. The third-order valence-electron chi connectivity index (χ3n) is 2.90. The summed E-state index contributed by atoms with van der Waals surface area (Å²) in [5, 5.41) is 0. The van der Waals surface area contributed by atoms with Crippen LogP contribution >= 0.6 is 0 Å². The first kappa shape index (κ1) is 4.60. The summed E-state index contributed by atoms with van der Waals surface area (Å²) in [4.78, 5) is 0. The summed E-state index contributed by atoms with van der Waals surface area (Å²) in [7, 11) is 0. The van der Waals surface area contributed by atoms with Gasteiger partial charge >= 0.3 is 0 Å². The van der Waals surface area contributed by atoms with E-state index >= 15 is 0 Å². The predicted octanol–water partition coefficient (Wildman–Crippen LogP) is 2.36. The molecule has 2 rings (SSSR count). The van der Waals surface area contributed by atoms with Gasteiger partial charge < -0.3 is 0 Å². The van der Waals surface area contributed by atoms with Crippen molar-refractivity contribution in [3.05, 3.63) is 12.7 Å². The molecule has 0 spiro atoms. The first-order valence-electron chi connectivity index (χ1n) is 3.48. The molecule has 2 aliphatic carbocycles. The Morgan fingerprint density at radius 3 is 2.75 bits per heavy atom. The summed E-state index contributed by atoms with van der Waals surface area (Å²) in [5.74, 6) is 1.13. The van der Waals surface area contributed by atoms with Gasteiger partial charge in [0, 0.05) is 0 Å². The summed E-state index contributed by atoms with van der Waals surface area (Å²) in [6.45, 7) is 3.75. The van der Waals surface area contributed by atoms with Gasteiger partial charge in [-0.3, -0.25) is 0 Å². The lowest BCUT2D eigenvalue weighted by atomic mass is 9.82. The topological polar surface area (TPSA) is 0 Å². The zero-order valence-electron chi connectivity index (χ0n) is 5.19. The van der Waals surface area contributed by atoms with E-state index in [4.69, 9.17) is 0 Å². The van der Waals surface area contributed by atoms with Crippen LogP contribution < -0.4 is 0 Å². The van der Waals surface area contributed by atoms with Crippen LogP contribution in [0.1, 0.15) is 25.7 Å². The minimum absolute atomic E-state index is 0.821. The highest BCUT2D eigenvalue weighted by Crippen LogP contribution is 2.69. The van der Waals surface area contributed by atoms with Gasteiger partial charge in [-0.15, -0.1) is 6.58 Å². The summed E-state index contributed by atoms with van der Waals surface area (Å²) < 4.78 is 0. The van der Waals surface area contributed by atoms with Gasteiger partial charge in [-0.05, 0) is 37.0 Å². The summed E-state index contributed by atoms with van der Waals surface area (Å²) in [6.07, 6.45) is 7.88. The Labute approximate surface area is 50.6 Å². The minimum Gasteiger partial charge on any atom is -0.103 e. The normalized spacial score (nSPS) is 49.2. The van der Waals surface area contributed by atoms with Crippen molar-refractivity contribution in [2.75, 3.05) is 0 Å². The number of fused-ring (bicyclic) bond motifs is 1. The van der Waals surface area contributed by atoms with Crippen molar-refractivity contribution in [1.29, 1.82) is 0 Å². The standard InChI is InChI=1S/C8H12/c1-2-4-8-5-3-7(8)6-8/h2,7H,1,3-6H2. The van der Waals surface area contributed by atoms with Crippen LogP contribution in [0, 0.1) is 11.3 Å². The van der Waals surface area contributed by atoms with Crippen molar-refractivity contribution in [2.24, 2.45) is 11.3 Å². The van der Waals surface area contributed by atoms with Crippen LogP contribution in [0.3, 0.4) is 0 Å². The molecule has 0 aromatic carbocycles. The molecule has 0 heterocycles. The minimum atomic E-state index is 0.821. The van der Waals surface area contributed by atoms with E-state index in [0.29, 0.717) is 0 Å². The molecule has 2 unspecified atom stereocenters. The second-order valence-electron chi connectivity index (χ2n) is 3.29. The van der Waals surface area contributed by atoms with Gasteiger partial charge in [-0.25, -0.2) is 0 Å². The first-order chi connectivity index (χ1) is 3.87. The predicted molar refractivity (Wildman–Crippen MR) is 34.6 cm³/mol. The summed E-state index contributed by atoms with van der Waals surface area (Å²) >= 11 is 0. The van der Waals surface area contributed by atoms with Crippen molar-refractivity contribution in [2.45, 2.75) is 25.7 Å². The molecule has 0 N–H and O–H groups in total. The number of allylic oxidation sites excluding steroid dienone is 1. The van der Waals surface area contributed by atoms with Gasteiger partial charge in [0.05, 0.1) is 0 Å². The monoisotopic (exact) mass is 108 g/mol. The molecule has 0 aromatic heterocycles. The highest BCUT2D eigenvalue weighted by Gasteiger charge is 2.59. The number of hydrogen-bond donors (Lipinski definition) is 0. The Kier molecular flexibility index (Phi) is 0.677. The molecule has 2 aliphatic rings. The average Bonchev–Trinajstić information content (AvgIpc) is 2.19. The number of hydrogen-bond acceptors (Lipinski definition) is 0. The van der Waals surface area contributed by atoms with E-state index < -0.39 is 0 Å². The second kappa shape index (κ2) is 1.18. The fourth-order valence-corrected chi connectivity index (χ4v) is 2.03. The van der Waals surface area contributed by atoms with Gasteiger partial charge in [-0.1, -0.05) is 6.08 Å². The SMILES string of the molecule is C=CCC12CCC1C2. The fraction of sp³-hybridized carbons (Fsp3) is 0.750. The van der Waals surface area contributed by atoms with E-state index in [9.17, 15) is 0 Å². The summed E-state index contributed by atoms with van der Waals surface area (Å²) in [5.41, 5.74) is 0.821. The van der Waals surface area contributed by atoms with E-state index in [1.807, 2.05) is 0 Å². The Balaban J connectivity index is 1.97. The van der Waals surface area contributed by atoms with Crippen LogP contribution in [-0.4, -0.2) is 0 Å².